The van der Waals surface area contributed by atoms with Crippen molar-refractivity contribution >= 4 is 35.1 Å². The van der Waals surface area contributed by atoms with Gasteiger partial charge in [0.25, 0.3) is 17.7 Å². The van der Waals surface area contributed by atoms with E-state index in [1.807, 2.05) is 6.92 Å². The lowest BCUT2D eigenvalue weighted by Crippen LogP contribution is -2.49. The van der Waals surface area contributed by atoms with E-state index in [2.05, 4.69) is 4.98 Å². The van der Waals surface area contributed by atoms with Crippen molar-refractivity contribution in [1.82, 2.24) is 14.8 Å². The molecule has 180 valence electrons. The van der Waals surface area contributed by atoms with Crippen LogP contribution in [0.15, 0.2) is 30.5 Å². The molecule has 0 saturated carbocycles. The number of pyridine rings is 1. The van der Waals surface area contributed by atoms with Crippen molar-refractivity contribution in [3.63, 3.8) is 0 Å². The number of hydrogen-bond donors (Lipinski definition) is 0. The van der Waals surface area contributed by atoms with E-state index >= 15 is 0 Å². The number of nitrogens with zero attached hydrogens (tertiary/aromatic N) is 4. The van der Waals surface area contributed by atoms with E-state index < -0.39 is 17.6 Å². The van der Waals surface area contributed by atoms with Gasteiger partial charge < -0.3 is 9.80 Å². The lowest BCUT2D eigenvalue weighted by atomic mass is 10.0. The van der Waals surface area contributed by atoms with E-state index in [0.717, 1.165) is 18.7 Å². The minimum atomic E-state index is -4.53. The third-order valence-corrected chi connectivity index (χ3v) is 6.25. The molecule has 2 aromatic rings. The zero-order valence-electron chi connectivity index (χ0n) is 18.4. The van der Waals surface area contributed by atoms with Crippen LogP contribution in [0.5, 0.6) is 0 Å². The molecule has 0 atom stereocenters. The SMILES string of the molecule is CCCCN1C(=O)c2ccc(C(=O)N3CCN(c4ncc(C(F)(F)F)cc4Cl)CC3)cc2C1=O. The molecule has 2 aliphatic heterocycles. The Morgan fingerprint density at radius 1 is 1.06 bits per heavy atom. The summed E-state index contributed by atoms with van der Waals surface area (Å²) in [4.78, 5) is 46.6. The average Bonchev–Trinajstić information content (AvgIpc) is 3.05. The van der Waals surface area contributed by atoms with E-state index in [1.54, 1.807) is 9.80 Å². The average molecular weight is 495 g/mol. The fourth-order valence-electron chi connectivity index (χ4n) is 4.07. The number of piperazine rings is 1. The second-order valence-electron chi connectivity index (χ2n) is 8.18. The highest BCUT2D eigenvalue weighted by atomic mass is 35.5. The molecule has 7 nitrogen and oxygen atoms in total. The number of halogens is 4. The van der Waals surface area contributed by atoms with Gasteiger partial charge in [0.1, 0.15) is 5.82 Å². The van der Waals surface area contributed by atoms with Crippen molar-refractivity contribution < 1.29 is 27.6 Å². The number of benzene rings is 1. The predicted octanol–water partition coefficient (Wildman–Crippen LogP) is 4.11. The monoisotopic (exact) mass is 494 g/mol. The van der Waals surface area contributed by atoms with E-state index in [9.17, 15) is 27.6 Å². The summed E-state index contributed by atoms with van der Waals surface area (Å²) in [6, 6.07) is 5.35. The van der Waals surface area contributed by atoms with Crippen LogP contribution >= 0.6 is 11.6 Å². The number of amides is 3. The van der Waals surface area contributed by atoms with E-state index in [1.165, 1.54) is 23.1 Å². The maximum absolute atomic E-state index is 13.0. The fraction of sp³-hybridized carbons (Fsp3) is 0.391. The van der Waals surface area contributed by atoms with Crippen LogP contribution in [-0.2, 0) is 6.18 Å². The number of rotatable bonds is 5. The summed E-state index contributed by atoms with van der Waals surface area (Å²) < 4.78 is 38.5. The maximum atomic E-state index is 13.0. The number of imide groups is 1. The van der Waals surface area contributed by atoms with Crippen molar-refractivity contribution in [2.24, 2.45) is 0 Å². The van der Waals surface area contributed by atoms with E-state index in [-0.39, 0.29) is 28.2 Å². The first-order chi connectivity index (χ1) is 16.1. The number of unbranched alkanes of at least 4 members (excludes halogenated alkanes) is 1. The van der Waals surface area contributed by atoms with Crippen molar-refractivity contribution in [1.29, 1.82) is 0 Å². The van der Waals surface area contributed by atoms with Crippen LogP contribution in [0.3, 0.4) is 0 Å². The van der Waals surface area contributed by atoms with Crippen LogP contribution in [-0.4, -0.2) is 65.2 Å². The van der Waals surface area contributed by atoms with E-state index in [0.29, 0.717) is 50.3 Å². The quantitative estimate of drug-likeness (QED) is 0.585. The summed E-state index contributed by atoms with van der Waals surface area (Å²) in [5, 5.41) is -0.107. The fourth-order valence-corrected chi connectivity index (χ4v) is 4.35. The molecule has 0 radical (unpaired) electrons. The molecular formula is C23H22ClF3N4O3. The Bertz CT molecular complexity index is 1150. The molecule has 1 aromatic carbocycles. The molecule has 3 amide bonds. The highest BCUT2D eigenvalue weighted by Crippen LogP contribution is 2.34. The Balaban J connectivity index is 1.44. The third kappa shape index (κ3) is 4.46. The Hall–Kier alpha value is -3.14. The number of carbonyl (C=O) groups excluding carboxylic acids is 3. The molecule has 0 bridgehead atoms. The minimum absolute atomic E-state index is 0.107. The van der Waals surface area contributed by atoms with Gasteiger partial charge in [0.05, 0.1) is 21.7 Å². The molecular weight excluding hydrogens is 473 g/mol. The summed E-state index contributed by atoms with van der Waals surface area (Å²) in [5.74, 6) is -0.797. The highest BCUT2D eigenvalue weighted by molar-refractivity contribution is 6.33. The topological polar surface area (TPSA) is 73.8 Å². The summed E-state index contributed by atoms with van der Waals surface area (Å²) in [6.07, 6.45) is -2.24. The number of alkyl halides is 3. The Morgan fingerprint density at radius 2 is 1.74 bits per heavy atom. The zero-order chi connectivity index (χ0) is 24.6. The van der Waals surface area contributed by atoms with Gasteiger partial charge in [0.2, 0.25) is 0 Å². The molecule has 1 saturated heterocycles. The Morgan fingerprint density at radius 3 is 2.35 bits per heavy atom. The van der Waals surface area contributed by atoms with Gasteiger partial charge in [-0.1, -0.05) is 24.9 Å². The van der Waals surface area contributed by atoms with Gasteiger partial charge in [-0.2, -0.15) is 13.2 Å². The summed E-state index contributed by atoms with van der Waals surface area (Å²) in [5.41, 5.74) is -0.0961. The maximum Gasteiger partial charge on any atom is 0.417 e. The third-order valence-electron chi connectivity index (χ3n) is 5.97. The Kier molecular flexibility index (Phi) is 6.53. The molecule has 11 heteroatoms. The molecule has 0 N–H and O–H groups in total. The molecule has 3 heterocycles. The van der Waals surface area contributed by atoms with Gasteiger partial charge in [-0.3, -0.25) is 19.3 Å². The molecule has 1 aromatic heterocycles. The van der Waals surface area contributed by atoms with Crippen LogP contribution in [0.1, 0.15) is 56.4 Å². The lowest BCUT2D eigenvalue weighted by Gasteiger charge is -2.36. The number of hydrogen-bond acceptors (Lipinski definition) is 5. The molecule has 1 fully saturated rings. The van der Waals surface area contributed by atoms with Gasteiger partial charge in [-0.15, -0.1) is 0 Å². The van der Waals surface area contributed by atoms with Gasteiger partial charge in [-0.25, -0.2) is 4.98 Å². The molecule has 34 heavy (non-hydrogen) atoms. The molecule has 2 aliphatic rings. The summed E-state index contributed by atoms with van der Waals surface area (Å²) in [7, 11) is 0. The predicted molar refractivity (Wildman–Crippen MR) is 119 cm³/mol. The standard InChI is InChI=1S/C23H22ClF3N4O3/c1-2-3-6-31-21(33)16-5-4-14(11-17(16)22(31)34)20(32)30-9-7-29(8-10-30)19-18(24)12-15(13-28-19)23(25,26)27/h4-5,11-13H,2-3,6-10H2,1H3. The molecule has 4 rings (SSSR count). The first-order valence-electron chi connectivity index (χ1n) is 10.9. The number of fused-ring (bicyclic) bond motifs is 1. The Labute approximate surface area is 199 Å². The first kappa shape index (κ1) is 24.0. The second kappa shape index (κ2) is 9.25. The zero-order valence-corrected chi connectivity index (χ0v) is 19.1. The number of carbonyl (C=O) groups is 3. The molecule has 0 unspecified atom stereocenters. The summed E-state index contributed by atoms with van der Waals surface area (Å²) >= 11 is 6.04. The first-order valence-corrected chi connectivity index (χ1v) is 11.3. The van der Waals surface area contributed by atoms with Crippen LogP contribution in [0.2, 0.25) is 5.02 Å². The minimum Gasteiger partial charge on any atom is -0.352 e. The van der Waals surface area contributed by atoms with Crippen LogP contribution < -0.4 is 4.90 Å². The normalized spacial score (nSPS) is 16.3. The van der Waals surface area contributed by atoms with Crippen molar-refractivity contribution in [2.45, 2.75) is 25.9 Å². The highest BCUT2D eigenvalue weighted by Gasteiger charge is 2.36. The largest absolute Gasteiger partial charge is 0.417 e. The van der Waals surface area contributed by atoms with E-state index in [4.69, 9.17) is 11.6 Å². The van der Waals surface area contributed by atoms with Crippen molar-refractivity contribution in [2.75, 3.05) is 37.6 Å². The smallest absolute Gasteiger partial charge is 0.352 e. The van der Waals surface area contributed by atoms with Gasteiger partial charge >= 0.3 is 6.18 Å². The van der Waals surface area contributed by atoms with Gasteiger partial charge in [0.15, 0.2) is 0 Å². The molecule has 0 aliphatic carbocycles. The van der Waals surface area contributed by atoms with Crippen LogP contribution in [0.25, 0.3) is 0 Å². The summed E-state index contributed by atoms with van der Waals surface area (Å²) in [6.45, 7) is 3.56. The lowest BCUT2D eigenvalue weighted by molar-refractivity contribution is -0.137. The number of aromatic nitrogens is 1. The van der Waals surface area contributed by atoms with Crippen molar-refractivity contribution in [3.8, 4) is 0 Å². The van der Waals surface area contributed by atoms with Gasteiger partial charge in [0, 0.05) is 44.5 Å². The van der Waals surface area contributed by atoms with Gasteiger partial charge in [-0.05, 0) is 30.7 Å². The second-order valence-corrected chi connectivity index (χ2v) is 8.59. The van der Waals surface area contributed by atoms with Crippen molar-refractivity contribution in [3.05, 3.63) is 57.7 Å². The molecule has 0 spiro atoms. The number of anilines is 1. The van der Waals surface area contributed by atoms with Crippen LogP contribution in [0, 0.1) is 0 Å². The van der Waals surface area contributed by atoms with Crippen LogP contribution in [0.4, 0.5) is 19.0 Å².